The number of amides is 1. The number of hydrogen-bond acceptors (Lipinski definition) is 6. The van der Waals surface area contributed by atoms with Crippen molar-refractivity contribution in [1.29, 1.82) is 0 Å². The molecule has 1 aromatic heterocycles. The monoisotopic (exact) mass is 522 g/mol. The van der Waals surface area contributed by atoms with E-state index in [1.54, 1.807) is 42.5 Å². The minimum Gasteiger partial charge on any atom is -0.480 e. The number of aliphatic carboxylic acids is 1. The van der Waals surface area contributed by atoms with Crippen molar-refractivity contribution in [3.63, 3.8) is 0 Å². The van der Waals surface area contributed by atoms with Gasteiger partial charge in [0.25, 0.3) is 0 Å². The molecule has 1 heterocycles. The lowest BCUT2D eigenvalue weighted by Gasteiger charge is -2.17. The maximum atomic E-state index is 12.7. The van der Waals surface area contributed by atoms with Gasteiger partial charge < -0.3 is 19.9 Å². The topological polar surface area (TPSA) is 115 Å². The third-order valence-corrected chi connectivity index (χ3v) is 6.73. The third-order valence-electron chi connectivity index (χ3n) is 6.73. The number of fused-ring (bicyclic) bond motifs is 3. The van der Waals surface area contributed by atoms with Crippen LogP contribution in [0.25, 0.3) is 22.4 Å². The molecule has 2 N–H and O–H groups in total. The van der Waals surface area contributed by atoms with E-state index < -0.39 is 24.1 Å². The molecule has 0 saturated heterocycles. The number of esters is 1. The van der Waals surface area contributed by atoms with Gasteiger partial charge in [0.15, 0.2) is 0 Å². The summed E-state index contributed by atoms with van der Waals surface area (Å²) < 4.78 is 10.3. The molecule has 1 unspecified atom stereocenters. The lowest BCUT2D eigenvalue weighted by molar-refractivity contribution is -0.139. The highest BCUT2D eigenvalue weighted by Crippen LogP contribution is 2.44. The van der Waals surface area contributed by atoms with E-state index in [4.69, 9.17) is 9.47 Å². The Bertz CT molecular complexity index is 1500. The fourth-order valence-corrected chi connectivity index (χ4v) is 4.87. The number of hydrogen-bond donors (Lipinski definition) is 2. The van der Waals surface area contributed by atoms with Gasteiger partial charge in [-0.25, -0.2) is 14.4 Å². The summed E-state index contributed by atoms with van der Waals surface area (Å²) in [5.74, 6) is -1.81. The summed E-state index contributed by atoms with van der Waals surface area (Å²) in [5, 5.41) is 12.3. The number of rotatable bonds is 8. The molecule has 0 fully saturated rings. The Morgan fingerprint density at radius 2 is 1.56 bits per heavy atom. The van der Waals surface area contributed by atoms with E-state index in [2.05, 4.69) is 10.3 Å². The summed E-state index contributed by atoms with van der Waals surface area (Å²) in [6.07, 6.45) is -0.865. The van der Waals surface area contributed by atoms with Crippen LogP contribution in [-0.2, 0) is 20.7 Å². The summed E-state index contributed by atoms with van der Waals surface area (Å²) in [6.45, 7) is 0.0798. The van der Waals surface area contributed by atoms with Gasteiger partial charge in [0.1, 0.15) is 12.6 Å². The molecular formula is C31H26N2O6. The molecule has 4 aromatic rings. The summed E-state index contributed by atoms with van der Waals surface area (Å²) in [4.78, 5) is 41.1. The van der Waals surface area contributed by atoms with Gasteiger partial charge in [-0.2, -0.15) is 0 Å². The molecule has 1 atom stereocenters. The first-order chi connectivity index (χ1) is 18.9. The Morgan fingerprint density at radius 3 is 2.23 bits per heavy atom. The second-order valence-electron chi connectivity index (χ2n) is 9.15. The number of ether oxygens (including phenoxy) is 2. The van der Waals surface area contributed by atoms with Crippen molar-refractivity contribution in [3.8, 4) is 22.4 Å². The van der Waals surface area contributed by atoms with Gasteiger partial charge in [-0.15, -0.1) is 0 Å². The van der Waals surface area contributed by atoms with E-state index in [9.17, 15) is 19.5 Å². The van der Waals surface area contributed by atoms with E-state index in [0.29, 0.717) is 22.5 Å². The average Bonchev–Trinajstić information content (AvgIpc) is 3.29. The average molecular weight is 523 g/mol. The van der Waals surface area contributed by atoms with E-state index in [0.717, 1.165) is 22.3 Å². The number of carboxylic acid groups (broad SMARTS) is 1. The largest absolute Gasteiger partial charge is 0.480 e. The maximum absolute atomic E-state index is 12.7. The third kappa shape index (κ3) is 5.50. The lowest BCUT2D eigenvalue weighted by Crippen LogP contribution is -2.43. The van der Waals surface area contributed by atoms with Crippen molar-refractivity contribution in [2.45, 2.75) is 18.4 Å². The summed E-state index contributed by atoms with van der Waals surface area (Å²) in [6, 6.07) is 26.7. The summed E-state index contributed by atoms with van der Waals surface area (Å²) in [7, 11) is 1.31. The van der Waals surface area contributed by atoms with Gasteiger partial charge in [0.05, 0.1) is 18.4 Å². The van der Waals surface area contributed by atoms with Crippen LogP contribution in [0.2, 0.25) is 0 Å². The number of aromatic nitrogens is 1. The Morgan fingerprint density at radius 1 is 0.897 bits per heavy atom. The van der Waals surface area contributed by atoms with Crippen LogP contribution in [0.4, 0.5) is 4.79 Å². The molecule has 1 aliphatic carbocycles. The van der Waals surface area contributed by atoms with Crippen LogP contribution in [0, 0.1) is 0 Å². The zero-order valence-corrected chi connectivity index (χ0v) is 21.2. The normalized spacial score (nSPS) is 12.6. The quantitative estimate of drug-likeness (QED) is 0.311. The Hall–Kier alpha value is -4.98. The molecule has 8 nitrogen and oxygen atoms in total. The number of nitrogens with one attached hydrogen (secondary N) is 1. The molecule has 0 aliphatic heterocycles. The molecule has 8 heteroatoms. The maximum Gasteiger partial charge on any atom is 0.407 e. The number of benzene rings is 3. The molecular weight excluding hydrogens is 496 g/mol. The van der Waals surface area contributed by atoms with Crippen LogP contribution in [0.5, 0.6) is 0 Å². The molecule has 0 saturated carbocycles. The van der Waals surface area contributed by atoms with Gasteiger partial charge in [-0.1, -0.05) is 66.7 Å². The van der Waals surface area contributed by atoms with Crippen LogP contribution in [0.15, 0.2) is 91.0 Å². The number of carboxylic acids is 1. The smallest absolute Gasteiger partial charge is 0.407 e. The number of pyridine rings is 1. The standard InChI is InChI=1S/C31H26N2O6/c1-38-30(36)20-9-6-8-19(16-20)27-15-7-10-21(32-27)17-28(29(34)35)33-31(37)39-18-26-24-13-4-2-11-22(24)23-12-3-5-14-25(23)26/h2-16,26,28H,17-18H2,1H3,(H,33,37)(H,34,35). The minimum absolute atomic E-state index is 0.0515. The fraction of sp³-hybridized carbons (Fsp3) is 0.161. The van der Waals surface area contributed by atoms with Crippen LogP contribution in [0.1, 0.15) is 33.1 Å². The highest BCUT2D eigenvalue weighted by molar-refractivity contribution is 5.90. The van der Waals surface area contributed by atoms with Crippen LogP contribution in [0.3, 0.4) is 0 Å². The van der Waals surface area contributed by atoms with Crippen molar-refractivity contribution in [3.05, 3.63) is 113 Å². The van der Waals surface area contributed by atoms with Gasteiger partial charge in [-0.05, 0) is 46.5 Å². The Labute approximate surface area is 225 Å². The minimum atomic E-state index is -1.25. The Balaban J connectivity index is 1.26. The fourth-order valence-electron chi connectivity index (χ4n) is 4.87. The van der Waals surface area contributed by atoms with Crippen molar-refractivity contribution in [1.82, 2.24) is 10.3 Å². The first-order valence-corrected chi connectivity index (χ1v) is 12.4. The molecule has 1 aliphatic rings. The second kappa shape index (κ2) is 11.2. The molecule has 5 rings (SSSR count). The Kier molecular flexibility index (Phi) is 7.36. The zero-order valence-electron chi connectivity index (χ0n) is 21.2. The summed E-state index contributed by atoms with van der Waals surface area (Å²) in [5.41, 5.74) is 6.42. The predicted molar refractivity (Wildman–Crippen MR) is 144 cm³/mol. The van der Waals surface area contributed by atoms with E-state index in [-0.39, 0.29) is 18.9 Å². The number of methoxy groups -OCH3 is 1. The number of nitrogens with zero attached hydrogens (tertiary/aromatic N) is 1. The second-order valence-corrected chi connectivity index (χ2v) is 9.15. The molecule has 0 spiro atoms. The highest BCUT2D eigenvalue weighted by Gasteiger charge is 2.30. The molecule has 1 amide bonds. The van der Waals surface area contributed by atoms with Gasteiger partial charge in [0.2, 0.25) is 0 Å². The van der Waals surface area contributed by atoms with Crippen molar-refractivity contribution in [2.75, 3.05) is 13.7 Å². The number of alkyl carbamates (subject to hydrolysis) is 1. The first kappa shape index (κ1) is 25.7. The number of carbonyl (C=O) groups is 3. The van der Waals surface area contributed by atoms with E-state index in [1.807, 2.05) is 48.5 Å². The van der Waals surface area contributed by atoms with E-state index in [1.165, 1.54) is 7.11 Å². The van der Waals surface area contributed by atoms with Gasteiger partial charge in [-0.3, -0.25) is 4.98 Å². The van der Waals surface area contributed by atoms with E-state index >= 15 is 0 Å². The molecule has 196 valence electrons. The predicted octanol–water partition coefficient (Wildman–Crippen LogP) is 5.07. The van der Waals surface area contributed by atoms with Crippen molar-refractivity contribution < 1.29 is 29.0 Å². The van der Waals surface area contributed by atoms with Crippen molar-refractivity contribution in [2.24, 2.45) is 0 Å². The first-order valence-electron chi connectivity index (χ1n) is 12.4. The SMILES string of the molecule is COC(=O)c1cccc(-c2cccc(CC(NC(=O)OCC3c4ccccc4-c4ccccc43)C(=O)O)n2)c1. The highest BCUT2D eigenvalue weighted by atomic mass is 16.5. The molecule has 0 bridgehead atoms. The number of carbonyl (C=O) groups excluding carboxylic acids is 2. The lowest BCUT2D eigenvalue weighted by atomic mass is 9.98. The van der Waals surface area contributed by atoms with Crippen LogP contribution >= 0.6 is 0 Å². The molecule has 39 heavy (non-hydrogen) atoms. The molecule has 0 radical (unpaired) electrons. The van der Waals surface area contributed by atoms with Crippen LogP contribution < -0.4 is 5.32 Å². The summed E-state index contributed by atoms with van der Waals surface area (Å²) >= 11 is 0. The van der Waals surface area contributed by atoms with Gasteiger partial charge in [0, 0.05) is 23.6 Å². The van der Waals surface area contributed by atoms with Crippen molar-refractivity contribution >= 4 is 18.0 Å². The zero-order chi connectivity index (χ0) is 27.4. The van der Waals surface area contributed by atoms with Crippen LogP contribution in [-0.4, -0.2) is 47.9 Å². The molecule has 3 aromatic carbocycles. The van der Waals surface area contributed by atoms with Gasteiger partial charge >= 0.3 is 18.0 Å².